The molecule has 1 aliphatic carbocycles. The number of benzene rings is 1. The highest BCUT2D eigenvalue weighted by atomic mass is 16.3. The zero-order valence-corrected chi connectivity index (χ0v) is 11.9. The third-order valence-electron chi connectivity index (χ3n) is 4.37. The Bertz CT molecular complexity index is 606. The maximum Gasteiger partial charge on any atom is 0.157 e. The molecule has 0 bridgehead atoms. The minimum absolute atomic E-state index is 0.150. The highest BCUT2D eigenvalue weighted by molar-refractivity contribution is 5.93. The topological polar surface area (TPSA) is 58.0 Å². The number of anilines is 1. The number of rotatable bonds is 3. The second-order valence-electron chi connectivity index (χ2n) is 5.80. The summed E-state index contributed by atoms with van der Waals surface area (Å²) < 4.78 is 0. The van der Waals surface area contributed by atoms with Gasteiger partial charge in [0.15, 0.2) is 5.82 Å². The lowest BCUT2D eigenvalue weighted by Gasteiger charge is -2.37. The van der Waals surface area contributed by atoms with Gasteiger partial charge >= 0.3 is 0 Å². The van der Waals surface area contributed by atoms with Crippen molar-refractivity contribution < 1.29 is 5.11 Å². The number of aryl methyl sites for hydroxylation is 1. The lowest BCUT2D eigenvalue weighted by Crippen LogP contribution is -2.44. The lowest BCUT2D eigenvalue weighted by atomic mass is 9.82. The van der Waals surface area contributed by atoms with Gasteiger partial charge in [0.25, 0.3) is 0 Å². The summed E-state index contributed by atoms with van der Waals surface area (Å²) >= 11 is 0. The molecule has 0 saturated heterocycles. The maximum atomic E-state index is 9.82. The van der Waals surface area contributed by atoms with Gasteiger partial charge < -0.3 is 10.4 Å². The van der Waals surface area contributed by atoms with Crippen LogP contribution in [0, 0.1) is 6.92 Å². The standard InChI is InChI=1S/C16H21N3O/c1-12-13-7-3-4-8-14(13)15(19-18-12)17-16(11-20)9-5-2-6-10-16/h3-4,7-8,20H,2,5-6,9-11H2,1H3,(H,17,19). The SMILES string of the molecule is Cc1nnc(NC2(CO)CCCCC2)c2ccccc12. The largest absolute Gasteiger partial charge is 0.394 e. The highest BCUT2D eigenvalue weighted by Crippen LogP contribution is 2.33. The number of hydrogen-bond acceptors (Lipinski definition) is 4. The zero-order chi connectivity index (χ0) is 14.0. The molecule has 1 fully saturated rings. The zero-order valence-electron chi connectivity index (χ0n) is 11.9. The van der Waals surface area contributed by atoms with Crippen molar-refractivity contribution in [1.29, 1.82) is 0 Å². The Morgan fingerprint density at radius 2 is 1.80 bits per heavy atom. The van der Waals surface area contributed by atoms with Crippen LogP contribution in [0.3, 0.4) is 0 Å². The number of nitrogens with zero attached hydrogens (tertiary/aromatic N) is 2. The minimum atomic E-state index is -0.231. The number of aliphatic hydroxyl groups excluding tert-OH is 1. The molecule has 3 rings (SSSR count). The minimum Gasteiger partial charge on any atom is -0.394 e. The van der Waals surface area contributed by atoms with E-state index in [4.69, 9.17) is 0 Å². The van der Waals surface area contributed by atoms with E-state index < -0.39 is 0 Å². The van der Waals surface area contributed by atoms with E-state index in [0.717, 1.165) is 48.0 Å². The fraction of sp³-hybridized carbons (Fsp3) is 0.500. The monoisotopic (exact) mass is 271 g/mol. The summed E-state index contributed by atoms with van der Waals surface area (Å²) in [5.74, 6) is 0.794. The maximum absolute atomic E-state index is 9.82. The molecule has 2 N–H and O–H groups in total. The van der Waals surface area contributed by atoms with Gasteiger partial charge in [-0.05, 0) is 19.8 Å². The van der Waals surface area contributed by atoms with E-state index >= 15 is 0 Å². The number of nitrogens with one attached hydrogen (secondary N) is 1. The molecular weight excluding hydrogens is 250 g/mol. The lowest BCUT2D eigenvalue weighted by molar-refractivity contribution is 0.172. The molecule has 1 saturated carbocycles. The predicted octanol–water partition coefficient (Wildman–Crippen LogP) is 3.05. The molecule has 1 aliphatic rings. The normalized spacial score (nSPS) is 18.1. The number of fused-ring (bicyclic) bond motifs is 1. The van der Waals surface area contributed by atoms with Crippen molar-refractivity contribution in [3.05, 3.63) is 30.0 Å². The Labute approximate surface area is 119 Å². The van der Waals surface area contributed by atoms with Crippen molar-refractivity contribution in [3.8, 4) is 0 Å². The van der Waals surface area contributed by atoms with Crippen LogP contribution >= 0.6 is 0 Å². The third-order valence-corrected chi connectivity index (χ3v) is 4.37. The molecule has 0 radical (unpaired) electrons. The molecule has 0 atom stereocenters. The molecule has 0 aliphatic heterocycles. The summed E-state index contributed by atoms with van der Waals surface area (Å²) in [6, 6.07) is 8.16. The van der Waals surface area contributed by atoms with Crippen LogP contribution in [0.1, 0.15) is 37.8 Å². The molecular formula is C16H21N3O. The molecule has 0 unspecified atom stereocenters. The summed E-state index contributed by atoms with van der Waals surface area (Å²) in [5.41, 5.74) is 0.707. The number of aliphatic hydroxyl groups is 1. The molecule has 1 aromatic heterocycles. The first kappa shape index (κ1) is 13.3. The van der Waals surface area contributed by atoms with Crippen molar-refractivity contribution >= 4 is 16.6 Å². The second kappa shape index (κ2) is 5.37. The van der Waals surface area contributed by atoms with Crippen LogP contribution in [-0.2, 0) is 0 Å². The van der Waals surface area contributed by atoms with Crippen LogP contribution in [0.5, 0.6) is 0 Å². The smallest absolute Gasteiger partial charge is 0.157 e. The molecule has 4 nitrogen and oxygen atoms in total. The first-order valence-corrected chi connectivity index (χ1v) is 7.35. The van der Waals surface area contributed by atoms with E-state index in [1.165, 1.54) is 6.42 Å². The molecule has 0 amide bonds. The average molecular weight is 271 g/mol. The van der Waals surface area contributed by atoms with Crippen molar-refractivity contribution in [2.24, 2.45) is 0 Å². The second-order valence-corrected chi connectivity index (χ2v) is 5.80. The van der Waals surface area contributed by atoms with E-state index in [1.807, 2.05) is 19.1 Å². The van der Waals surface area contributed by atoms with Gasteiger partial charge in [-0.3, -0.25) is 0 Å². The summed E-state index contributed by atoms with van der Waals surface area (Å²) in [4.78, 5) is 0. The number of hydrogen-bond donors (Lipinski definition) is 2. The van der Waals surface area contributed by atoms with E-state index in [-0.39, 0.29) is 12.1 Å². The van der Waals surface area contributed by atoms with E-state index in [2.05, 4.69) is 27.6 Å². The summed E-state index contributed by atoms with van der Waals surface area (Å²) in [6.45, 7) is 2.12. The Morgan fingerprint density at radius 1 is 1.10 bits per heavy atom. The van der Waals surface area contributed by atoms with Gasteiger partial charge in [-0.15, -0.1) is 5.10 Å². The van der Waals surface area contributed by atoms with E-state index in [9.17, 15) is 5.11 Å². The molecule has 4 heteroatoms. The summed E-state index contributed by atoms with van der Waals surface area (Å²) in [7, 11) is 0. The van der Waals surface area contributed by atoms with Crippen molar-refractivity contribution in [2.75, 3.05) is 11.9 Å². The van der Waals surface area contributed by atoms with Gasteiger partial charge in [-0.25, -0.2) is 0 Å². The van der Waals surface area contributed by atoms with Gasteiger partial charge in [0.2, 0.25) is 0 Å². The van der Waals surface area contributed by atoms with Crippen molar-refractivity contribution in [2.45, 2.75) is 44.6 Å². The molecule has 106 valence electrons. The van der Waals surface area contributed by atoms with Gasteiger partial charge in [0.1, 0.15) is 0 Å². The van der Waals surface area contributed by atoms with Crippen LogP contribution in [0.2, 0.25) is 0 Å². The first-order chi connectivity index (χ1) is 9.74. The fourth-order valence-electron chi connectivity index (χ4n) is 3.13. The average Bonchev–Trinajstić information content (AvgIpc) is 2.51. The molecule has 0 spiro atoms. The van der Waals surface area contributed by atoms with Crippen molar-refractivity contribution in [1.82, 2.24) is 10.2 Å². The van der Waals surface area contributed by atoms with Gasteiger partial charge in [0.05, 0.1) is 17.8 Å². The van der Waals surface area contributed by atoms with Crippen LogP contribution in [0.25, 0.3) is 10.8 Å². The van der Waals surface area contributed by atoms with Crippen LogP contribution < -0.4 is 5.32 Å². The summed E-state index contributed by atoms with van der Waals surface area (Å²) in [6.07, 6.45) is 5.56. The molecule has 2 aromatic rings. The van der Waals surface area contributed by atoms with Gasteiger partial charge in [-0.1, -0.05) is 43.5 Å². The van der Waals surface area contributed by atoms with Crippen molar-refractivity contribution in [3.63, 3.8) is 0 Å². The van der Waals surface area contributed by atoms with Gasteiger partial charge in [0, 0.05) is 10.8 Å². The van der Waals surface area contributed by atoms with Crippen LogP contribution in [-0.4, -0.2) is 27.4 Å². The van der Waals surface area contributed by atoms with Gasteiger partial charge in [-0.2, -0.15) is 5.10 Å². The Kier molecular flexibility index (Phi) is 3.57. The number of aromatic nitrogens is 2. The summed E-state index contributed by atoms with van der Waals surface area (Å²) in [5, 5.41) is 24.1. The quantitative estimate of drug-likeness (QED) is 0.901. The Morgan fingerprint density at radius 3 is 2.50 bits per heavy atom. The molecule has 1 aromatic carbocycles. The molecule has 20 heavy (non-hydrogen) atoms. The third kappa shape index (κ3) is 2.36. The van der Waals surface area contributed by atoms with E-state index in [1.54, 1.807) is 0 Å². The Balaban J connectivity index is 2.00. The predicted molar refractivity (Wildman–Crippen MR) is 80.8 cm³/mol. The fourth-order valence-corrected chi connectivity index (χ4v) is 3.13. The van der Waals surface area contributed by atoms with Crippen LogP contribution in [0.4, 0.5) is 5.82 Å². The van der Waals surface area contributed by atoms with Crippen LogP contribution in [0.15, 0.2) is 24.3 Å². The van der Waals surface area contributed by atoms with E-state index in [0.29, 0.717) is 0 Å². The highest BCUT2D eigenvalue weighted by Gasteiger charge is 2.32. The first-order valence-electron chi connectivity index (χ1n) is 7.35. The Hall–Kier alpha value is -1.68. The molecule has 1 heterocycles.